The Bertz CT molecular complexity index is 2120. The molecule has 14 nitrogen and oxygen atoms in total. The van der Waals surface area contributed by atoms with Gasteiger partial charge in [0.15, 0.2) is 5.79 Å². The molecule has 5 aromatic rings. The number of nitrogens with one attached hydrogen (secondary N) is 1. The highest BCUT2D eigenvalue weighted by molar-refractivity contribution is 5.55. The van der Waals surface area contributed by atoms with E-state index in [2.05, 4.69) is 85.6 Å². The Morgan fingerprint density at radius 1 is 0.961 bits per heavy atom. The van der Waals surface area contributed by atoms with E-state index in [1.54, 1.807) is 32.8 Å². The van der Waals surface area contributed by atoms with Gasteiger partial charge in [-0.3, -0.25) is 5.10 Å². The lowest BCUT2D eigenvalue weighted by Gasteiger charge is -2.42. The fraction of sp³-hybridized carbons (Fsp3) is 0.432. The summed E-state index contributed by atoms with van der Waals surface area (Å²) in [5, 5.41) is 22.3. The number of piperazine rings is 1. The minimum absolute atomic E-state index is 0.0685. The van der Waals surface area contributed by atoms with Crippen LogP contribution in [0.3, 0.4) is 0 Å². The summed E-state index contributed by atoms with van der Waals surface area (Å²) >= 11 is 0. The summed E-state index contributed by atoms with van der Waals surface area (Å²) < 4.78 is 22.6. The number of hydrogen-bond donors (Lipinski definition) is 1. The first-order valence-corrected chi connectivity index (χ1v) is 17.7. The zero-order chi connectivity index (χ0) is 35.0. The van der Waals surface area contributed by atoms with Crippen LogP contribution in [0.5, 0.6) is 5.75 Å². The van der Waals surface area contributed by atoms with Gasteiger partial charge >= 0.3 is 5.69 Å². The molecule has 2 aliphatic heterocycles. The van der Waals surface area contributed by atoms with Gasteiger partial charge in [-0.1, -0.05) is 26.0 Å². The van der Waals surface area contributed by atoms with Crippen molar-refractivity contribution < 1.29 is 14.2 Å². The van der Waals surface area contributed by atoms with Crippen molar-refractivity contribution in [1.82, 2.24) is 39.5 Å². The lowest BCUT2D eigenvalue weighted by atomic mass is 9.75. The molecule has 3 aromatic heterocycles. The lowest BCUT2D eigenvalue weighted by molar-refractivity contribution is -0.233. The van der Waals surface area contributed by atoms with E-state index in [1.807, 2.05) is 37.4 Å². The topological polar surface area (TPSA) is 133 Å². The molecule has 0 amide bonds. The number of rotatable bonds is 11. The van der Waals surface area contributed by atoms with Crippen molar-refractivity contribution in [2.24, 2.45) is 5.41 Å². The second-order valence-electron chi connectivity index (χ2n) is 13.9. The number of aromatic amines is 1. The zero-order valence-corrected chi connectivity index (χ0v) is 29.3. The van der Waals surface area contributed by atoms with E-state index in [0.717, 1.165) is 66.0 Å². The van der Waals surface area contributed by atoms with Crippen LogP contribution >= 0.6 is 0 Å². The highest BCUT2D eigenvalue weighted by Gasteiger charge is 2.55. The van der Waals surface area contributed by atoms with E-state index in [4.69, 9.17) is 14.2 Å². The summed E-state index contributed by atoms with van der Waals surface area (Å²) in [6.07, 6.45) is 12.4. The highest BCUT2D eigenvalue weighted by atomic mass is 16.8. The predicted octanol–water partition coefficient (Wildman–Crippen LogP) is 2.51. The molecule has 2 fully saturated rings. The third-order valence-electron chi connectivity index (χ3n) is 10.6. The summed E-state index contributed by atoms with van der Waals surface area (Å²) in [6, 6.07) is 16.5. The molecule has 0 spiro atoms. The number of ether oxygens (including phenoxy) is 3. The van der Waals surface area contributed by atoms with E-state index in [-0.39, 0.29) is 17.8 Å². The normalized spacial score (nSPS) is 23.8. The Balaban J connectivity index is 0.860. The molecule has 14 heteroatoms. The smallest absolute Gasteiger partial charge is 0.350 e. The van der Waals surface area contributed by atoms with Crippen molar-refractivity contribution >= 4 is 23.5 Å². The van der Waals surface area contributed by atoms with Crippen LogP contribution in [-0.4, -0.2) is 90.8 Å². The molecule has 1 N–H and O–H groups in total. The second-order valence-corrected chi connectivity index (χ2v) is 13.9. The van der Waals surface area contributed by atoms with Crippen molar-refractivity contribution in [1.29, 1.82) is 0 Å². The number of aromatic nitrogens is 8. The summed E-state index contributed by atoms with van der Waals surface area (Å²) in [7, 11) is 0. The molecule has 266 valence electrons. The molecule has 51 heavy (non-hydrogen) atoms. The van der Waals surface area contributed by atoms with Crippen LogP contribution in [0.4, 0.5) is 11.4 Å². The van der Waals surface area contributed by atoms with Crippen molar-refractivity contribution in [3.05, 3.63) is 94.5 Å². The minimum Gasteiger partial charge on any atom is -0.491 e. The van der Waals surface area contributed by atoms with Crippen molar-refractivity contribution in [3.63, 3.8) is 0 Å². The van der Waals surface area contributed by atoms with Crippen LogP contribution in [0.25, 0.3) is 17.8 Å². The third kappa shape index (κ3) is 6.33. The van der Waals surface area contributed by atoms with Gasteiger partial charge < -0.3 is 24.0 Å². The Labute approximate surface area is 295 Å². The molecular formula is C37H44N10O4. The fourth-order valence-corrected chi connectivity index (χ4v) is 7.24. The van der Waals surface area contributed by atoms with Crippen LogP contribution < -0.4 is 30.8 Å². The largest absolute Gasteiger partial charge is 0.491 e. The van der Waals surface area contributed by atoms with Crippen molar-refractivity contribution in [2.75, 3.05) is 49.2 Å². The van der Waals surface area contributed by atoms with Gasteiger partial charge in [0.05, 0.1) is 42.3 Å². The van der Waals surface area contributed by atoms with Gasteiger partial charge in [-0.25, -0.2) is 14.0 Å². The summed E-state index contributed by atoms with van der Waals surface area (Å²) in [6.45, 7) is 10.9. The Morgan fingerprint density at radius 3 is 2.31 bits per heavy atom. The number of hydrogen-bond acceptors (Lipinski definition) is 10. The van der Waals surface area contributed by atoms with Crippen LogP contribution in [0, 0.1) is 5.41 Å². The Morgan fingerprint density at radius 2 is 1.63 bits per heavy atom. The maximum Gasteiger partial charge on any atom is 0.350 e. The highest BCUT2D eigenvalue weighted by Crippen LogP contribution is 2.46. The van der Waals surface area contributed by atoms with Crippen molar-refractivity contribution in [2.45, 2.75) is 58.1 Å². The number of fused-ring (bicyclic) bond motifs is 1. The average molecular weight is 693 g/mol. The standard InChI is InChI=1S/C37H44N10O4/c1-4-27(2)47-35(48)45(26-41-47)31-7-5-29(6-8-31)43-17-19-44(20-18-43)30-9-11-32(12-10-30)49-23-33-24-50-37(51-33,25-46-39-15-16-40-46)36(3)14-13-34-28(21-36)22-38-42-34/h5-13,15-16,21-22,26-27,33,42H,4,14,17-20,23-25H2,1-3H3/t27?,33-,36?,37-/m1/s1. The molecule has 3 aliphatic rings. The van der Waals surface area contributed by atoms with Crippen LogP contribution in [0.15, 0.2) is 78.2 Å². The maximum absolute atomic E-state index is 12.8. The van der Waals surface area contributed by atoms with Crippen LogP contribution in [-0.2, 0) is 16.0 Å². The Kier molecular flexibility index (Phi) is 8.72. The number of H-pyrrole nitrogens is 1. The summed E-state index contributed by atoms with van der Waals surface area (Å²) in [4.78, 5) is 19.2. The van der Waals surface area contributed by atoms with Crippen LogP contribution in [0.2, 0.25) is 0 Å². The Hall–Kier alpha value is -5.21. The van der Waals surface area contributed by atoms with Gasteiger partial charge in [0.25, 0.3) is 0 Å². The first-order chi connectivity index (χ1) is 24.8. The fourth-order valence-electron chi connectivity index (χ4n) is 7.24. The van der Waals surface area contributed by atoms with Gasteiger partial charge in [-0.15, -0.1) is 0 Å². The number of benzene rings is 2. The molecule has 8 rings (SSSR count). The van der Waals surface area contributed by atoms with Crippen molar-refractivity contribution in [3.8, 4) is 11.4 Å². The second kappa shape index (κ2) is 13.5. The summed E-state index contributed by atoms with van der Waals surface area (Å²) in [5.74, 6) is -0.191. The maximum atomic E-state index is 12.8. The van der Waals surface area contributed by atoms with E-state index in [9.17, 15) is 4.79 Å². The zero-order valence-electron chi connectivity index (χ0n) is 29.3. The molecule has 0 saturated carbocycles. The first-order valence-electron chi connectivity index (χ1n) is 17.7. The molecule has 0 bridgehead atoms. The number of anilines is 2. The number of nitrogens with zero attached hydrogens (tertiary/aromatic N) is 9. The van der Waals surface area contributed by atoms with E-state index < -0.39 is 11.2 Å². The molecular weight excluding hydrogens is 648 g/mol. The minimum atomic E-state index is -0.976. The van der Waals surface area contributed by atoms with E-state index in [0.29, 0.717) is 26.2 Å². The molecule has 2 saturated heterocycles. The van der Waals surface area contributed by atoms with Gasteiger partial charge in [0.1, 0.15) is 31.3 Å². The lowest BCUT2D eigenvalue weighted by Crippen LogP contribution is -2.53. The molecule has 0 radical (unpaired) electrons. The predicted molar refractivity (Wildman–Crippen MR) is 192 cm³/mol. The van der Waals surface area contributed by atoms with Gasteiger partial charge in [0.2, 0.25) is 0 Å². The van der Waals surface area contributed by atoms with E-state index >= 15 is 0 Å². The van der Waals surface area contributed by atoms with Gasteiger partial charge in [0, 0.05) is 48.2 Å². The SMILES string of the molecule is CCC(C)n1ncn(-c2ccc(N3CCN(c4ccc(OC[C@@H]5CO[C@@](Cn6nccn6)(C6(C)C=c7cn[nH]c7=CC6)O5)cc4)CC3)cc2)c1=O. The quantitative estimate of drug-likeness (QED) is 0.220. The molecule has 2 aromatic carbocycles. The molecule has 1 aliphatic carbocycles. The monoisotopic (exact) mass is 692 g/mol. The molecule has 4 atom stereocenters. The molecule has 5 heterocycles. The summed E-state index contributed by atoms with van der Waals surface area (Å²) in [5.41, 5.74) is 2.55. The first kappa shape index (κ1) is 33.0. The van der Waals surface area contributed by atoms with E-state index in [1.165, 1.54) is 0 Å². The van der Waals surface area contributed by atoms with Crippen LogP contribution in [0.1, 0.15) is 39.7 Å². The average Bonchev–Trinajstić information content (AvgIpc) is 4.00. The van der Waals surface area contributed by atoms with Gasteiger partial charge in [-0.2, -0.15) is 25.2 Å². The molecule has 2 unspecified atom stereocenters. The van der Waals surface area contributed by atoms with Gasteiger partial charge in [-0.05, 0) is 68.3 Å². The third-order valence-corrected chi connectivity index (χ3v) is 10.6.